The summed E-state index contributed by atoms with van der Waals surface area (Å²) in [7, 11) is 1.80. The zero-order valence-electron chi connectivity index (χ0n) is 17.4. The third-order valence-corrected chi connectivity index (χ3v) is 6.17. The summed E-state index contributed by atoms with van der Waals surface area (Å²) in [6.07, 6.45) is 7.73. The molecule has 5 nitrogen and oxygen atoms in total. The molecular formula is C20H41IN4O. The highest BCUT2D eigenvalue weighted by molar-refractivity contribution is 14.0. The highest BCUT2D eigenvalue weighted by Gasteiger charge is 2.36. The number of hydrogen-bond donors (Lipinski definition) is 2. The molecule has 2 N–H and O–H groups in total. The van der Waals surface area contributed by atoms with E-state index >= 15 is 0 Å². The number of halogens is 1. The lowest BCUT2D eigenvalue weighted by molar-refractivity contribution is 0.0778. The third-order valence-electron chi connectivity index (χ3n) is 6.17. The fourth-order valence-electron chi connectivity index (χ4n) is 3.91. The Bertz CT molecular complexity index is 407. The maximum atomic E-state index is 5.30. The molecule has 0 aromatic heterocycles. The fourth-order valence-corrected chi connectivity index (χ4v) is 3.91. The van der Waals surface area contributed by atoms with E-state index in [2.05, 4.69) is 36.3 Å². The molecule has 2 aliphatic rings. The first-order valence-corrected chi connectivity index (χ1v) is 10.3. The summed E-state index contributed by atoms with van der Waals surface area (Å²) in [5.74, 6) is 1.87. The Kier molecular flexibility index (Phi) is 11.4. The van der Waals surface area contributed by atoms with Crippen molar-refractivity contribution in [1.29, 1.82) is 0 Å². The third kappa shape index (κ3) is 7.50. The van der Waals surface area contributed by atoms with E-state index in [0.29, 0.717) is 11.5 Å². The number of methoxy groups -OCH3 is 1. The molecule has 0 aromatic carbocycles. The summed E-state index contributed by atoms with van der Waals surface area (Å²) in [6.45, 7) is 12.9. The SMILES string of the molecule is CCNC(=NCC1(CCOC)CCC1)NCC(C)N1CCC(C)CC1.I. The van der Waals surface area contributed by atoms with Gasteiger partial charge in [-0.2, -0.15) is 0 Å². The maximum absolute atomic E-state index is 5.30. The minimum absolute atomic E-state index is 0. The second-order valence-electron chi connectivity index (χ2n) is 8.24. The molecule has 1 saturated carbocycles. The molecule has 0 aromatic rings. The molecule has 1 aliphatic carbocycles. The van der Waals surface area contributed by atoms with E-state index in [-0.39, 0.29) is 24.0 Å². The van der Waals surface area contributed by atoms with Crippen LogP contribution in [0.25, 0.3) is 0 Å². The molecule has 0 spiro atoms. The first kappa shape index (κ1) is 24.0. The molecule has 1 aliphatic heterocycles. The zero-order valence-corrected chi connectivity index (χ0v) is 19.7. The number of hydrogen-bond acceptors (Lipinski definition) is 3. The topological polar surface area (TPSA) is 48.9 Å². The Morgan fingerprint density at radius 2 is 1.96 bits per heavy atom. The van der Waals surface area contributed by atoms with Crippen LogP contribution in [0.2, 0.25) is 0 Å². The van der Waals surface area contributed by atoms with E-state index < -0.39 is 0 Å². The summed E-state index contributed by atoms with van der Waals surface area (Å²) < 4.78 is 5.30. The highest BCUT2D eigenvalue weighted by Crippen LogP contribution is 2.44. The molecule has 0 bridgehead atoms. The average molecular weight is 480 g/mol. The number of likely N-dealkylation sites (tertiary alicyclic amines) is 1. The lowest BCUT2D eigenvalue weighted by Crippen LogP contribution is -2.48. The first-order chi connectivity index (χ1) is 12.1. The Labute approximate surface area is 178 Å². The summed E-state index contributed by atoms with van der Waals surface area (Å²) in [6, 6.07) is 0.558. The first-order valence-electron chi connectivity index (χ1n) is 10.3. The standard InChI is InChI=1S/C20H40N4O.HI/c1-5-21-19(23-16-20(9-6-10-20)11-14-25-4)22-15-18(3)24-12-7-17(2)8-13-24;/h17-18H,5-16H2,1-4H3,(H2,21,22,23);1H. The van der Waals surface area contributed by atoms with Gasteiger partial charge in [-0.3, -0.25) is 9.89 Å². The van der Waals surface area contributed by atoms with Crippen molar-refractivity contribution in [2.75, 3.05) is 46.4 Å². The predicted octanol–water partition coefficient (Wildman–Crippen LogP) is 3.49. The summed E-state index contributed by atoms with van der Waals surface area (Å²) in [4.78, 5) is 7.52. The number of piperidine rings is 1. The van der Waals surface area contributed by atoms with Gasteiger partial charge in [-0.15, -0.1) is 24.0 Å². The van der Waals surface area contributed by atoms with Crippen LogP contribution in [0.4, 0.5) is 0 Å². The minimum Gasteiger partial charge on any atom is -0.385 e. The molecule has 2 fully saturated rings. The van der Waals surface area contributed by atoms with Crippen molar-refractivity contribution in [2.24, 2.45) is 16.3 Å². The molecule has 26 heavy (non-hydrogen) atoms. The van der Waals surface area contributed by atoms with Crippen LogP contribution in [-0.4, -0.2) is 63.3 Å². The number of guanidine groups is 1. The van der Waals surface area contributed by atoms with E-state index in [1.807, 2.05) is 0 Å². The van der Waals surface area contributed by atoms with Gasteiger partial charge in [-0.05, 0) is 70.4 Å². The molecule has 1 atom stereocenters. The molecule has 0 radical (unpaired) electrons. The van der Waals surface area contributed by atoms with Crippen molar-refractivity contribution in [3.63, 3.8) is 0 Å². The van der Waals surface area contributed by atoms with Gasteiger partial charge in [0.05, 0.1) is 0 Å². The summed E-state index contributed by atoms with van der Waals surface area (Å²) in [5.41, 5.74) is 0.382. The molecule has 0 amide bonds. The van der Waals surface area contributed by atoms with Crippen LogP contribution < -0.4 is 10.6 Å². The normalized spacial score (nSPS) is 22.2. The number of nitrogens with zero attached hydrogens (tertiary/aromatic N) is 2. The molecule has 1 heterocycles. The monoisotopic (exact) mass is 480 g/mol. The average Bonchev–Trinajstić information content (AvgIpc) is 2.58. The van der Waals surface area contributed by atoms with E-state index in [0.717, 1.165) is 44.5 Å². The van der Waals surface area contributed by atoms with Gasteiger partial charge in [-0.25, -0.2) is 0 Å². The zero-order chi connectivity index (χ0) is 18.1. The van der Waals surface area contributed by atoms with Gasteiger partial charge in [0, 0.05) is 39.4 Å². The van der Waals surface area contributed by atoms with Gasteiger partial charge in [0.1, 0.15) is 0 Å². The predicted molar refractivity (Wildman–Crippen MR) is 122 cm³/mol. The van der Waals surface area contributed by atoms with Crippen LogP contribution in [-0.2, 0) is 4.74 Å². The largest absolute Gasteiger partial charge is 0.385 e. The summed E-state index contributed by atoms with van der Waals surface area (Å²) in [5, 5.41) is 6.99. The quantitative estimate of drug-likeness (QED) is 0.302. The highest BCUT2D eigenvalue weighted by atomic mass is 127. The minimum atomic E-state index is 0. The lowest BCUT2D eigenvalue weighted by Gasteiger charge is -2.41. The number of rotatable bonds is 9. The van der Waals surface area contributed by atoms with Crippen LogP contribution in [0.3, 0.4) is 0 Å². The van der Waals surface area contributed by atoms with Crippen LogP contribution in [0.5, 0.6) is 0 Å². The van der Waals surface area contributed by atoms with E-state index in [4.69, 9.17) is 9.73 Å². The van der Waals surface area contributed by atoms with Crippen LogP contribution in [0, 0.1) is 11.3 Å². The Hall–Kier alpha value is -0.0800. The number of aliphatic imine (C=N–C) groups is 1. The van der Waals surface area contributed by atoms with Crippen LogP contribution in [0.1, 0.15) is 59.3 Å². The van der Waals surface area contributed by atoms with Crippen molar-refractivity contribution in [2.45, 2.75) is 65.3 Å². The summed E-state index contributed by atoms with van der Waals surface area (Å²) >= 11 is 0. The number of nitrogens with one attached hydrogen (secondary N) is 2. The molecule has 154 valence electrons. The van der Waals surface area contributed by atoms with Crippen molar-refractivity contribution < 1.29 is 4.74 Å². The van der Waals surface area contributed by atoms with Gasteiger partial charge >= 0.3 is 0 Å². The fraction of sp³-hybridized carbons (Fsp3) is 0.950. The van der Waals surface area contributed by atoms with E-state index in [1.54, 1.807) is 7.11 Å². The molecule has 1 unspecified atom stereocenters. The van der Waals surface area contributed by atoms with E-state index in [1.165, 1.54) is 45.2 Å². The van der Waals surface area contributed by atoms with Crippen LogP contribution >= 0.6 is 24.0 Å². The molecule has 1 saturated heterocycles. The number of ether oxygens (including phenoxy) is 1. The van der Waals surface area contributed by atoms with Crippen molar-refractivity contribution in [3.8, 4) is 0 Å². The lowest BCUT2D eigenvalue weighted by atomic mass is 9.67. The van der Waals surface area contributed by atoms with Crippen molar-refractivity contribution >= 4 is 29.9 Å². The molecular weight excluding hydrogens is 439 g/mol. The van der Waals surface area contributed by atoms with Gasteiger partial charge in [0.25, 0.3) is 0 Å². The Morgan fingerprint density at radius 1 is 1.27 bits per heavy atom. The molecule has 2 rings (SSSR count). The van der Waals surface area contributed by atoms with Gasteiger partial charge in [0.15, 0.2) is 5.96 Å². The second kappa shape index (κ2) is 12.4. The molecule has 6 heteroatoms. The maximum Gasteiger partial charge on any atom is 0.191 e. The smallest absolute Gasteiger partial charge is 0.191 e. The van der Waals surface area contributed by atoms with Crippen LogP contribution in [0.15, 0.2) is 4.99 Å². The Morgan fingerprint density at radius 3 is 2.50 bits per heavy atom. The second-order valence-corrected chi connectivity index (χ2v) is 8.24. The van der Waals surface area contributed by atoms with E-state index in [9.17, 15) is 0 Å². The van der Waals surface area contributed by atoms with Gasteiger partial charge < -0.3 is 15.4 Å². The van der Waals surface area contributed by atoms with Gasteiger partial charge in [-0.1, -0.05) is 13.3 Å². The van der Waals surface area contributed by atoms with Crippen molar-refractivity contribution in [1.82, 2.24) is 15.5 Å². The van der Waals surface area contributed by atoms with Crippen molar-refractivity contribution in [3.05, 3.63) is 0 Å². The van der Waals surface area contributed by atoms with Gasteiger partial charge in [0.2, 0.25) is 0 Å². The Balaban J connectivity index is 0.00000338.